The van der Waals surface area contributed by atoms with Crippen molar-refractivity contribution in [3.05, 3.63) is 40.9 Å². The summed E-state index contributed by atoms with van der Waals surface area (Å²) in [4.78, 5) is 12.2. The summed E-state index contributed by atoms with van der Waals surface area (Å²) in [5, 5.41) is 4.31. The zero-order chi connectivity index (χ0) is 11.4. The quantitative estimate of drug-likeness (QED) is 0.497. The van der Waals surface area contributed by atoms with Crippen LogP contribution >= 0.6 is 27.5 Å². The fraction of sp³-hybridized carbons (Fsp3) is 0.100. The number of rotatable bonds is 3. The third kappa shape index (κ3) is 2.45. The summed E-state index contributed by atoms with van der Waals surface area (Å²) in [7, 11) is 0. The molecule has 0 radical (unpaired) electrons. The van der Waals surface area contributed by atoms with E-state index < -0.39 is 5.97 Å². The van der Waals surface area contributed by atoms with Crippen LogP contribution < -0.4 is 4.74 Å². The van der Waals surface area contributed by atoms with Crippen LogP contribution in [0.4, 0.5) is 0 Å². The molecule has 2 aromatic rings. The molecule has 0 fully saturated rings. The number of para-hydroxylation sites is 1. The Morgan fingerprint density at radius 1 is 1.38 bits per heavy atom. The van der Waals surface area contributed by atoms with Gasteiger partial charge in [0.25, 0.3) is 0 Å². The molecule has 6 heteroatoms. The van der Waals surface area contributed by atoms with Crippen molar-refractivity contribution in [2.45, 2.75) is 5.33 Å². The van der Waals surface area contributed by atoms with Crippen molar-refractivity contribution in [2.75, 3.05) is 0 Å². The van der Waals surface area contributed by atoms with E-state index in [0.717, 1.165) is 11.5 Å². The average Bonchev–Trinajstić information content (AvgIpc) is 2.78. The monoisotopic (exact) mass is 298 g/mol. The molecular weight excluding hydrogens is 292 g/mol. The van der Waals surface area contributed by atoms with Gasteiger partial charge in [-0.2, -0.15) is 0 Å². The maximum Gasteiger partial charge on any atom is 0.357 e. The van der Waals surface area contributed by atoms with E-state index in [0.29, 0.717) is 21.7 Å². The second kappa shape index (κ2) is 5.18. The van der Waals surface area contributed by atoms with Crippen LogP contribution in [0.5, 0.6) is 5.75 Å². The number of carbonyl (C=O) groups excluding carboxylic acids is 1. The predicted octanol–water partition coefficient (Wildman–Crippen LogP) is 2.65. The van der Waals surface area contributed by atoms with Gasteiger partial charge in [-0.05, 0) is 23.7 Å². The van der Waals surface area contributed by atoms with Crippen molar-refractivity contribution >= 4 is 33.4 Å². The van der Waals surface area contributed by atoms with Gasteiger partial charge in [0.15, 0.2) is 4.88 Å². The summed E-state index contributed by atoms with van der Waals surface area (Å²) in [5.74, 6) is 0.0945. The first kappa shape index (κ1) is 11.2. The molecule has 1 heterocycles. The highest BCUT2D eigenvalue weighted by atomic mass is 79.9. The number of halogens is 1. The number of hydrogen-bond donors (Lipinski definition) is 0. The average molecular weight is 299 g/mol. The summed E-state index contributed by atoms with van der Waals surface area (Å²) >= 11 is 4.27. The Hall–Kier alpha value is -1.27. The molecule has 0 saturated carbocycles. The molecule has 4 nitrogen and oxygen atoms in total. The number of benzene rings is 1. The normalized spacial score (nSPS) is 10.1. The minimum absolute atomic E-state index is 0.421. The molecule has 0 N–H and O–H groups in total. The number of esters is 1. The molecule has 0 spiro atoms. The van der Waals surface area contributed by atoms with E-state index in [4.69, 9.17) is 4.74 Å². The van der Waals surface area contributed by atoms with E-state index in [9.17, 15) is 4.79 Å². The molecule has 0 saturated heterocycles. The standard InChI is InChI=1S/C10H7BrN2O2S/c11-6-8-9(16-13-12-8)10(14)15-7-4-2-1-3-5-7/h1-5H,6H2. The summed E-state index contributed by atoms with van der Waals surface area (Å²) in [6.45, 7) is 0. The first-order chi connectivity index (χ1) is 7.81. The van der Waals surface area contributed by atoms with Crippen LogP contribution in [0.3, 0.4) is 0 Å². The molecule has 1 aromatic heterocycles. The first-order valence-corrected chi connectivity index (χ1v) is 6.35. The lowest BCUT2D eigenvalue weighted by molar-refractivity contribution is 0.0739. The molecule has 2 rings (SSSR count). The number of alkyl halides is 1. The van der Waals surface area contributed by atoms with E-state index in [-0.39, 0.29) is 0 Å². The van der Waals surface area contributed by atoms with Crippen molar-refractivity contribution in [3.63, 3.8) is 0 Å². The lowest BCUT2D eigenvalue weighted by atomic mass is 10.3. The number of carbonyl (C=O) groups is 1. The summed E-state index contributed by atoms with van der Waals surface area (Å²) in [6.07, 6.45) is 0. The van der Waals surface area contributed by atoms with Crippen LogP contribution in [0, 0.1) is 0 Å². The van der Waals surface area contributed by atoms with Crippen molar-refractivity contribution in [2.24, 2.45) is 0 Å². The fourth-order valence-corrected chi connectivity index (χ4v) is 2.23. The smallest absolute Gasteiger partial charge is 0.357 e. The number of hydrogen-bond acceptors (Lipinski definition) is 5. The lowest BCUT2D eigenvalue weighted by Gasteiger charge is -2.01. The van der Waals surface area contributed by atoms with Gasteiger partial charge in [-0.3, -0.25) is 0 Å². The van der Waals surface area contributed by atoms with Crippen LogP contribution in [-0.2, 0) is 5.33 Å². The van der Waals surface area contributed by atoms with Gasteiger partial charge in [0.2, 0.25) is 0 Å². The van der Waals surface area contributed by atoms with Crippen LogP contribution in [0.15, 0.2) is 30.3 Å². The Balaban J connectivity index is 2.15. The van der Waals surface area contributed by atoms with Crippen LogP contribution in [0.2, 0.25) is 0 Å². The van der Waals surface area contributed by atoms with Gasteiger partial charge in [-0.1, -0.05) is 38.6 Å². The van der Waals surface area contributed by atoms with Gasteiger partial charge in [0.05, 0.1) is 0 Å². The second-order valence-electron chi connectivity index (χ2n) is 2.88. The van der Waals surface area contributed by atoms with Gasteiger partial charge in [0, 0.05) is 5.33 Å². The van der Waals surface area contributed by atoms with Crippen LogP contribution in [0.25, 0.3) is 0 Å². The first-order valence-electron chi connectivity index (χ1n) is 4.45. The Labute approximate surface area is 105 Å². The third-order valence-electron chi connectivity index (χ3n) is 1.82. The molecule has 82 valence electrons. The maximum atomic E-state index is 11.7. The maximum absolute atomic E-state index is 11.7. The van der Waals surface area contributed by atoms with E-state index >= 15 is 0 Å². The number of aromatic nitrogens is 2. The molecule has 0 atom stereocenters. The van der Waals surface area contributed by atoms with E-state index in [1.807, 2.05) is 6.07 Å². The molecule has 0 aliphatic heterocycles. The molecule has 1 aromatic carbocycles. The lowest BCUT2D eigenvalue weighted by Crippen LogP contribution is -2.08. The molecule has 0 aliphatic rings. The molecule has 0 aliphatic carbocycles. The highest BCUT2D eigenvalue weighted by Crippen LogP contribution is 2.17. The highest BCUT2D eigenvalue weighted by molar-refractivity contribution is 9.08. The summed E-state index contributed by atoms with van der Waals surface area (Å²) < 4.78 is 8.89. The predicted molar refractivity (Wildman–Crippen MR) is 63.9 cm³/mol. The van der Waals surface area contributed by atoms with Crippen molar-refractivity contribution in [1.29, 1.82) is 0 Å². The van der Waals surface area contributed by atoms with E-state index in [1.54, 1.807) is 24.3 Å². The Kier molecular flexibility index (Phi) is 3.63. The Morgan fingerprint density at radius 2 is 2.12 bits per heavy atom. The van der Waals surface area contributed by atoms with Crippen LogP contribution in [0.1, 0.15) is 15.4 Å². The number of nitrogens with zero attached hydrogens (tertiary/aromatic N) is 2. The van der Waals surface area contributed by atoms with E-state index in [1.165, 1.54) is 0 Å². The van der Waals surface area contributed by atoms with Gasteiger partial charge >= 0.3 is 5.97 Å². The molecule has 0 amide bonds. The number of ether oxygens (including phenoxy) is 1. The minimum atomic E-state index is -0.421. The van der Waals surface area contributed by atoms with Crippen LogP contribution in [-0.4, -0.2) is 15.6 Å². The highest BCUT2D eigenvalue weighted by Gasteiger charge is 2.17. The van der Waals surface area contributed by atoms with Crippen molar-refractivity contribution < 1.29 is 9.53 Å². The largest absolute Gasteiger partial charge is 0.422 e. The Morgan fingerprint density at radius 3 is 2.81 bits per heavy atom. The molecule has 16 heavy (non-hydrogen) atoms. The summed E-state index contributed by atoms with van der Waals surface area (Å²) in [6, 6.07) is 8.91. The van der Waals surface area contributed by atoms with Gasteiger partial charge in [0.1, 0.15) is 11.4 Å². The molecule has 0 bridgehead atoms. The van der Waals surface area contributed by atoms with E-state index in [2.05, 4.69) is 25.5 Å². The summed E-state index contributed by atoms with van der Waals surface area (Å²) in [5.41, 5.74) is 0.603. The fourth-order valence-electron chi connectivity index (χ4n) is 1.09. The van der Waals surface area contributed by atoms with Gasteiger partial charge in [-0.25, -0.2) is 4.79 Å². The van der Waals surface area contributed by atoms with Crippen molar-refractivity contribution in [3.8, 4) is 5.75 Å². The van der Waals surface area contributed by atoms with Gasteiger partial charge in [-0.15, -0.1) is 5.10 Å². The van der Waals surface area contributed by atoms with Gasteiger partial charge < -0.3 is 4.74 Å². The topological polar surface area (TPSA) is 52.1 Å². The minimum Gasteiger partial charge on any atom is -0.422 e. The Bertz CT molecular complexity index is 487. The SMILES string of the molecule is O=C(Oc1ccccc1)c1snnc1CBr. The van der Waals surface area contributed by atoms with Crippen molar-refractivity contribution in [1.82, 2.24) is 9.59 Å². The zero-order valence-corrected chi connectivity index (χ0v) is 10.5. The third-order valence-corrected chi connectivity index (χ3v) is 3.10. The molecular formula is C10H7BrN2O2S. The zero-order valence-electron chi connectivity index (χ0n) is 8.09. The second-order valence-corrected chi connectivity index (χ2v) is 4.20. The molecule has 0 unspecified atom stereocenters.